The molecule has 3 rings (SSSR count). The van der Waals surface area contributed by atoms with Gasteiger partial charge in [-0.3, -0.25) is 14.3 Å². The number of hydrogen-bond acceptors (Lipinski definition) is 6. The maximum absolute atomic E-state index is 12.0. The number of carbonyl (C=O) groups is 1. The minimum Gasteiger partial charge on any atom is -0.465 e. The van der Waals surface area contributed by atoms with Crippen LogP contribution in [0.15, 0.2) is 60.0 Å². The first-order valence-electron chi connectivity index (χ1n) is 8.40. The highest BCUT2D eigenvalue weighted by Crippen LogP contribution is 2.28. The van der Waals surface area contributed by atoms with E-state index >= 15 is 0 Å². The fourth-order valence-corrected chi connectivity index (χ4v) is 3.31. The predicted molar refractivity (Wildman–Crippen MR) is 101 cm³/mol. The molecule has 0 aliphatic rings. The van der Waals surface area contributed by atoms with Crippen LogP contribution in [0.1, 0.15) is 19.4 Å². The second-order valence-electron chi connectivity index (χ2n) is 5.63. The molecule has 3 aromatic rings. The zero-order chi connectivity index (χ0) is 18.4. The molecule has 0 N–H and O–H groups in total. The Morgan fingerprint density at radius 1 is 1.15 bits per heavy atom. The van der Waals surface area contributed by atoms with Crippen LogP contribution in [0.5, 0.6) is 0 Å². The molecule has 0 spiro atoms. The Kier molecular flexibility index (Phi) is 6.01. The van der Waals surface area contributed by atoms with Gasteiger partial charge in [-0.25, -0.2) is 0 Å². The first kappa shape index (κ1) is 18.1. The van der Waals surface area contributed by atoms with Gasteiger partial charge >= 0.3 is 5.97 Å². The summed E-state index contributed by atoms with van der Waals surface area (Å²) in [5, 5.41) is 8.99. The van der Waals surface area contributed by atoms with E-state index in [0.29, 0.717) is 18.3 Å². The third kappa shape index (κ3) is 4.29. The van der Waals surface area contributed by atoms with E-state index < -0.39 is 0 Å². The zero-order valence-corrected chi connectivity index (χ0v) is 15.5. The third-order valence-corrected chi connectivity index (χ3v) is 4.80. The second-order valence-corrected chi connectivity index (χ2v) is 6.93. The monoisotopic (exact) mass is 368 g/mol. The van der Waals surface area contributed by atoms with E-state index in [1.807, 2.05) is 41.8 Å². The van der Waals surface area contributed by atoms with Crippen LogP contribution in [-0.4, -0.2) is 37.6 Å². The Morgan fingerprint density at radius 2 is 1.88 bits per heavy atom. The summed E-state index contributed by atoms with van der Waals surface area (Å²) in [5.74, 6) is 0.493. The molecule has 26 heavy (non-hydrogen) atoms. The summed E-state index contributed by atoms with van der Waals surface area (Å²) >= 11 is 1.35. The summed E-state index contributed by atoms with van der Waals surface area (Å²) in [5.41, 5.74) is 2.06. The van der Waals surface area contributed by atoms with Crippen LogP contribution in [0, 0.1) is 0 Å². The number of pyridine rings is 1. The van der Waals surface area contributed by atoms with Crippen LogP contribution < -0.4 is 0 Å². The van der Waals surface area contributed by atoms with E-state index in [-0.39, 0.29) is 11.2 Å². The number of thioether (sulfide) groups is 1. The number of carbonyl (C=O) groups excluding carboxylic acids is 1. The fourth-order valence-electron chi connectivity index (χ4n) is 2.46. The molecule has 0 bridgehead atoms. The van der Waals surface area contributed by atoms with Crippen LogP contribution >= 0.6 is 11.8 Å². The van der Waals surface area contributed by atoms with E-state index in [2.05, 4.69) is 27.3 Å². The number of benzene rings is 1. The Morgan fingerprint density at radius 3 is 2.58 bits per heavy atom. The van der Waals surface area contributed by atoms with Gasteiger partial charge in [0, 0.05) is 18.0 Å². The zero-order valence-electron chi connectivity index (χ0n) is 14.7. The highest BCUT2D eigenvalue weighted by atomic mass is 32.2. The van der Waals surface area contributed by atoms with Gasteiger partial charge in [-0.2, -0.15) is 0 Å². The Balaban J connectivity index is 1.94. The normalized spacial score (nSPS) is 11.9. The lowest BCUT2D eigenvalue weighted by atomic mass is 10.2. The summed E-state index contributed by atoms with van der Waals surface area (Å²) in [6.07, 6.45) is 3.45. The van der Waals surface area contributed by atoms with Gasteiger partial charge in [-0.1, -0.05) is 42.1 Å². The lowest BCUT2D eigenvalue weighted by molar-refractivity contribution is -0.142. The first-order chi connectivity index (χ1) is 12.7. The average Bonchev–Trinajstić information content (AvgIpc) is 3.05. The summed E-state index contributed by atoms with van der Waals surface area (Å²) < 4.78 is 7.12. The van der Waals surface area contributed by atoms with Crippen molar-refractivity contribution in [2.45, 2.75) is 30.8 Å². The number of ether oxygens (including phenoxy) is 1. The Hall–Kier alpha value is -2.67. The van der Waals surface area contributed by atoms with Crippen LogP contribution in [0.2, 0.25) is 0 Å². The van der Waals surface area contributed by atoms with Gasteiger partial charge in [0.15, 0.2) is 11.0 Å². The maximum Gasteiger partial charge on any atom is 0.319 e. The fraction of sp³-hybridized carbons (Fsp3) is 0.263. The highest BCUT2D eigenvalue weighted by molar-refractivity contribution is 8.00. The van der Waals surface area contributed by atoms with Crippen molar-refractivity contribution in [2.24, 2.45) is 0 Å². The summed E-state index contributed by atoms with van der Waals surface area (Å²) in [6, 6.07) is 13.9. The molecule has 0 aliphatic heterocycles. The van der Waals surface area contributed by atoms with Crippen molar-refractivity contribution in [1.29, 1.82) is 0 Å². The van der Waals surface area contributed by atoms with Gasteiger partial charge in [-0.15, -0.1) is 10.2 Å². The SMILES string of the molecule is CCOC(=O)C(C)Sc1nnc(-c2ccncc2)n1Cc1ccccc1. The Labute approximate surface area is 156 Å². The van der Waals surface area contributed by atoms with Crippen molar-refractivity contribution < 1.29 is 9.53 Å². The van der Waals surface area contributed by atoms with Gasteiger partial charge in [0.25, 0.3) is 0 Å². The summed E-state index contributed by atoms with van der Waals surface area (Å²) in [6.45, 7) is 4.59. The third-order valence-electron chi connectivity index (χ3n) is 3.74. The summed E-state index contributed by atoms with van der Waals surface area (Å²) in [4.78, 5) is 16.0. The van der Waals surface area contributed by atoms with Crippen LogP contribution in [0.4, 0.5) is 0 Å². The minimum absolute atomic E-state index is 0.253. The van der Waals surface area contributed by atoms with Gasteiger partial charge in [0.2, 0.25) is 0 Å². The average molecular weight is 368 g/mol. The number of nitrogens with zero attached hydrogens (tertiary/aromatic N) is 4. The largest absolute Gasteiger partial charge is 0.465 e. The highest BCUT2D eigenvalue weighted by Gasteiger charge is 2.21. The summed E-state index contributed by atoms with van der Waals surface area (Å²) in [7, 11) is 0. The van der Waals surface area contributed by atoms with E-state index in [0.717, 1.165) is 17.0 Å². The molecule has 1 aromatic carbocycles. The van der Waals surface area contributed by atoms with Crippen molar-refractivity contribution in [3.05, 3.63) is 60.4 Å². The molecule has 1 unspecified atom stereocenters. The standard InChI is InChI=1S/C19H20N4O2S/c1-3-25-18(24)14(2)26-19-22-21-17(16-9-11-20-12-10-16)23(19)13-15-7-5-4-6-8-15/h4-12,14H,3,13H2,1-2H3. The predicted octanol–water partition coefficient (Wildman–Crippen LogP) is 3.43. The quantitative estimate of drug-likeness (QED) is 0.470. The lowest BCUT2D eigenvalue weighted by Gasteiger charge is -2.13. The first-order valence-corrected chi connectivity index (χ1v) is 9.27. The number of esters is 1. The maximum atomic E-state index is 12.0. The van der Waals surface area contributed by atoms with E-state index in [9.17, 15) is 4.79 Å². The second kappa shape index (κ2) is 8.62. The van der Waals surface area contributed by atoms with Crippen molar-refractivity contribution in [2.75, 3.05) is 6.61 Å². The topological polar surface area (TPSA) is 69.9 Å². The van der Waals surface area contributed by atoms with Gasteiger partial charge < -0.3 is 4.74 Å². The molecule has 0 amide bonds. The van der Waals surface area contributed by atoms with Crippen LogP contribution in [0.25, 0.3) is 11.4 Å². The molecule has 2 heterocycles. The van der Waals surface area contributed by atoms with Gasteiger partial charge in [-0.05, 0) is 31.5 Å². The molecule has 0 saturated heterocycles. The molecule has 0 fully saturated rings. The molecular formula is C19H20N4O2S. The number of aromatic nitrogens is 4. The lowest BCUT2D eigenvalue weighted by Crippen LogP contribution is -2.17. The van der Waals surface area contributed by atoms with E-state index in [4.69, 9.17) is 4.74 Å². The van der Waals surface area contributed by atoms with Crippen molar-refractivity contribution >= 4 is 17.7 Å². The smallest absolute Gasteiger partial charge is 0.319 e. The molecule has 2 aromatic heterocycles. The van der Waals surface area contributed by atoms with E-state index in [1.165, 1.54) is 11.8 Å². The minimum atomic E-state index is -0.362. The van der Waals surface area contributed by atoms with E-state index in [1.54, 1.807) is 19.3 Å². The molecule has 1 atom stereocenters. The van der Waals surface area contributed by atoms with Crippen molar-refractivity contribution in [3.63, 3.8) is 0 Å². The molecule has 7 heteroatoms. The number of hydrogen-bond donors (Lipinski definition) is 0. The van der Waals surface area contributed by atoms with Crippen molar-refractivity contribution in [1.82, 2.24) is 19.7 Å². The molecular weight excluding hydrogens is 348 g/mol. The molecule has 0 saturated carbocycles. The van der Waals surface area contributed by atoms with Crippen LogP contribution in [0.3, 0.4) is 0 Å². The number of rotatable bonds is 7. The van der Waals surface area contributed by atoms with Gasteiger partial charge in [0.05, 0.1) is 13.2 Å². The molecule has 0 radical (unpaired) electrons. The Bertz CT molecular complexity index is 852. The molecule has 6 nitrogen and oxygen atoms in total. The van der Waals surface area contributed by atoms with Gasteiger partial charge in [0.1, 0.15) is 5.25 Å². The van der Waals surface area contributed by atoms with Crippen LogP contribution in [-0.2, 0) is 16.1 Å². The molecule has 134 valence electrons. The molecule has 0 aliphatic carbocycles. The van der Waals surface area contributed by atoms with Crippen molar-refractivity contribution in [3.8, 4) is 11.4 Å².